The molecule has 1 aliphatic rings. The van der Waals surface area contributed by atoms with Crippen LogP contribution in [0.5, 0.6) is 0 Å². The Kier molecular flexibility index (Phi) is 2.53. The third-order valence-corrected chi connectivity index (χ3v) is 3.85. The fraction of sp³-hybridized carbons (Fsp3) is 0.417. The van der Waals surface area contributed by atoms with Crippen LogP contribution in [0.25, 0.3) is 10.8 Å². The summed E-state index contributed by atoms with van der Waals surface area (Å²) in [4.78, 5) is 4.66. The Labute approximate surface area is 98.5 Å². The molecule has 0 aromatic carbocycles. The average Bonchev–Trinajstić information content (AvgIpc) is 2.96. The van der Waals surface area contributed by atoms with Gasteiger partial charge in [0.25, 0.3) is 0 Å². The van der Waals surface area contributed by atoms with Crippen LogP contribution in [0.3, 0.4) is 0 Å². The molecule has 0 amide bonds. The lowest BCUT2D eigenvalue weighted by molar-refractivity contribution is 0.578. The van der Waals surface area contributed by atoms with E-state index in [2.05, 4.69) is 15.7 Å². The van der Waals surface area contributed by atoms with Crippen molar-refractivity contribution in [2.45, 2.75) is 25.8 Å². The molecule has 0 saturated carbocycles. The Morgan fingerprint density at radius 1 is 1.56 bits per heavy atom. The molecule has 3 nitrogen and oxygen atoms in total. The molecule has 1 aliphatic heterocycles. The second-order valence-corrected chi connectivity index (χ2v) is 5.02. The van der Waals surface area contributed by atoms with Crippen LogP contribution in [-0.2, 0) is 0 Å². The van der Waals surface area contributed by atoms with Gasteiger partial charge in [0.05, 0.1) is 18.0 Å². The summed E-state index contributed by atoms with van der Waals surface area (Å²) in [5, 5.41) is 6.59. The highest BCUT2D eigenvalue weighted by Crippen LogP contribution is 2.31. The Balaban J connectivity index is 1.90. The molecule has 1 fully saturated rings. The maximum Gasteiger partial charge on any atom is 0.165 e. The minimum Gasteiger partial charge on any atom is -0.462 e. The number of hydrogen-bond donors (Lipinski definition) is 1. The molecule has 3 heterocycles. The first-order valence-electron chi connectivity index (χ1n) is 5.58. The zero-order valence-electron chi connectivity index (χ0n) is 9.19. The first-order valence-corrected chi connectivity index (χ1v) is 6.46. The van der Waals surface area contributed by atoms with Gasteiger partial charge < -0.3 is 9.73 Å². The number of aryl methyl sites for hydroxylation is 1. The van der Waals surface area contributed by atoms with Gasteiger partial charge in [0.1, 0.15) is 0 Å². The summed E-state index contributed by atoms with van der Waals surface area (Å²) in [5.74, 6) is 0.911. The fourth-order valence-corrected chi connectivity index (χ4v) is 3.00. The van der Waals surface area contributed by atoms with Gasteiger partial charge in [-0.05, 0) is 37.9 Å². The molecule has 0 radical (unpaired) electrons. The standard InChI is InChI=1S/C12H14N2OS/c1-8-4-6-15-11(8)12-14-10(7-16-12)9-3-2-5-13-9/h4,6-7,9,13H,2-3,5H2,1H3/t9-/m0/s1. The van der Waals surface area contributed by atoms with Crippen LogP contribution in [0.4, 0.5) is 0 Å². The molecule has 0 aliphatic carbocycles. The molecule has 1 N–H and O–H groups in total. The van der Waals surface area contributed by atoms with Gasteiger partial charge in [-0.15, -0.1) is 11.3 Å². The molecule has 0 unspecified atom stereocenters. The first-order chi connectivity index (χ1) is 7.84. The average molecular weight is 234 g/mol. The molecule has 2 aromatic heterocycles. The molecule has 1 atom stereocenters. The van der Waals surface area contributed by atoms with Crippen molar-refractivity contribution in [1.29, 1.82) is 0 Å². The zero-order chi connectivity index (χ0) is 11.0. The van der Waals surface area contributed by atoms with Crippen molar-refractivity contribution in [2.24, 2.45) is 0 Å². The van der Waals surface area contributed by atoms with Gasteiger partial charge in [-0.1, -0.05) is 0 Å². The van der Waals surface area contributed by atoms with Crippen molar-refractivity contribution in [2.75, 3.05) is 6.54 Å². The van der Waals surface area contributed by atoms with Crippen molar-refractivity contribution >= 4 is 11.3 Å². The van der Waals surface area contributed by atoms with Crippen molar-refractivity contribution in [3.63, 3.8) is 0 Å². The molecule has 0 bridgehead atoms. The minimum absolute atomic E-state index is 0.445. The van der Waals surface area contributed by atoms with Crippen molar-refractivity contribution in [1.82, 2.24) is 10.3 Å². The van der Waals surface area contributed by atoms with E-state index in [1.165, 1.54) is 12.8 Å². The predicted molar refractivity (Wildman–Crippen MR) is 64.5 cm³/mol. The van der Waals surface area contributed by atoms with E-state index in [1.807, 2.05) is 13.0 Å². The van der Waals surface area contributed by atoms with Gasteiger partial charge >= 0.3 is 0 Å². The molecule has 0 spiro atoms. The lowest BCUT2D eigenvalue weighted by atomic mass is 10.2. The summed E-state index contributed by atoms with van der Waals surface area (Å²) in [6.07, 6.45) is 4.16. The van der Waals surface area contributed by atoms with Crippen molar-refractivity contribution in [3.8, 4) is 10.8 Å². The summed E-state index contributed by atoms with van der Waals surface area (Å²) in [7, 11) is 0. The van der Waals surface area contributed by atoms with Gasteiger partial charge in [0.15, 0.2) is 10.8 Å². The van der Waals surface area contributed by atoms with Crippen molar-refractivity contribution < 1.29 is 4.42 Å². The number of furan rings is 1. The molecule has 2 aromatic rings. The molecular weight excluding hydrogens is 220 g/mol. The second-order valence-electron chi connectivity index (χ2n) is 4.16. The van der Waals surface area contributed by atoms with E-state index >= 15 is 0 Å². The number of rotatable bonds is 2. The Bertz CT molecular complexity index is 483. The Hall–Kier alpha value is -1.13. The smallest absolute Gasteiger partial charge is 0.165 e. The topological polar surface area (TPSA) is 38.1 Å². The highest BCUT2D eigenvalue weighted by molar-refractivity contribution is 7.13. The molecule has 16 heavy (non-hydrogen) atoms. The Morgan fingerprint density at radius 2 is 2.50 bits per heavy atom. The number of hydrogen-bond acceptors (Lipinski definition) is 4. The Morgan fingerprint density at radius 3 is 3.19 bits per heavy atom. The molecule has 4 heteroatoms. The van der Waals surface area contributed by atoms with E-state index in [-0.39, 0.29) is 0 Å². The largest absolute Gasteiger partial charge is 0.462 e. The van der Waals surface area contributed by atoms with Gasteiger partial charge in [-0.25, -0.2) is 4.98 Å². The molecule has 1 saturated heterocycles. The summed E-state index contributed by atoms with van der Waals surface area (Å²) in [5.41, 5.74) is 2.31. The molecule has 84 valence electrons. The van der Waals surface area contributed by atoms with Crippen LogP contribution >= 0.6 is 11.3 Å². The first kappa shape index (κ1) is 10.1. The van der Waals surface area contributed by atoms with Gasteiger partial charge in [-0.2, -0.15) is 0 Å². The maximum absolute atomic E-state index is 5.45. The second kappa shape index (κ2) is 4.03. The van der Waals surface area contributed by atoms with E-state index in [9.17, 15) is 0 Å². The number of thiazole rings is 1. The number of nitrogens with one attached hydrogen (secondary N) is 1. The third-order valence-electron chi connectivity index (χ3n) is 3.00. The normalized spacial score (nSPS) is 20.4. The molecule has 3 rings (SSSR count). The highest BCUT2D eigenvalue weighted by Gasteiger charge is 2.20. The third kappa shape index (κ3) is 1.68. The van der Waals surface area contributed by atoms with E-state index in [0.717, 1.165) is 28.6 Å². The minimum atomic E-state index is 0.445. The van der Waals surface area contributed by atoms with Crippen LogP contribution < -0.4 is 5.32 Å². The SMILES string of the molecule is Cc1ccoc1-c1nc([C@@H]2CCCN2)cs1. The summed E-state index contributed by atoms with van der Waals surface area (Å²) >= 11 is 1.66. The van der Waals surface area contributed by atoms with Crippen LogP contribution in [0.15, 0.2) is 22.1 Å². The van der Waals surface area contributed by atoms with Crippen LogP contribution in [0.1, 0.15) is 30.1 Å². The van der Waals surface area contributed by atoms with Gasteiger partial charge in [0, 0.05) is 5.38 Å². The molecular formula is C12H14N2OS. The monoisotopic (exact) mass is 234 g/mol. The van der Waals surface area contributed by atoms with Crippen LogP contribution in [0.2, 0.25) is 0 Å². The fourth-order valence-electron chi connectivity index (χ4n) is 2.08. The lowest BCUT2D eigenvalue weighted by Crippen LogP contribution is -2.12. The number of aromatic nitrogens is 1. The van der Waals surface area contributed by atoms with E-state index in [4.69, 9.17) is 4.42 Å². The van der Waals surface area contributed by atoms with Gasteiger partial charge in [-0.3, -0.25) is 0 Å². The summed E-state index contributed by atoms with van der Waals surface area (Å²) in [6.45, 7) is 3.16. The summed E-state index contributed by atoms with van der Waals surface area (Å²) in [6, 6.07) is 2.42. The van der Waals surface area contributed by atoms with E-state index in [1.54, 1.807) is 17.6 Å². The highest BCUT2D eigenvalue weighted by atomic mass is 32.1. The quantitative estimate of drug-likeness (QED) is 0.867. The summed E-state index contributed by atoms with van der Waals surface area (Å²) < 4.78 is 5.45. The zero-order valence-corrected chi connectivity index (χ0v) is 10.0. The lowest BCUT2D eigenvalue weighted by Gasteiger charge is -2.04. The predicted octanol–water partition coefficient (Wildman–Crippen LogP) is 3.14. The van der Waals surface area contributed by atoms with Crippen LogP contribution in [-0.4, -0.2) is 11.5 Å². The van der Waals surface area contributed by atoms with Gasteiger partial charge in [0.2, 0.25) is 0 Å². The van der Waals surface area contributed by atoms with E-state index in [0.29, 0.717) is 6.04 Å². The van der Waals surface area contributed by atoms with E-state index < -0.39 is 0 Å². The number of nitrogens with zero attached hydrogens (tertiary/aromatic N) is 1. The van der Waals surface area contributed by atoms with Crippen LogP contribution in [0, 0.1) is 6.92 Å². The maximum atomic E-state index is 5.45. The van der Waals surface area contributed by atoms with Crippen molar-refractivity contribution in [3.05, 3.63) is 29.0 Å².